The Kier molecular flexibility index (Phi) is 4.28. The van der Waals surface area contributed by atoms with Gasteiger partial charge in [0, 0.05) is 12.6 Å². The maximum absolute atomic E-state index is 12.4. The third kappa shape index (κ3) is 3.04. The second kappa shape index (κ2) is 5.57. The maximum Gasteiger partial charge on any atom is 0.225 e. The number of carbonyl (C=O) groups excluding carboxylic acids is 1. The van der Waals surface area contributed by atoms with Gasteiger partial charge >= 0.3 is 0 Å². The number of nitrogens with two attached hydrogens (primary N) is 1. The molecule has 3 N–H and O–H groups in total. The Bertz CT molecular complexity index is 290. The molecule has 1 saturated heterocycles. The Morgan fingerprint density at radius 2 is 2.17 bits per heavy atom. The predicted molar refractivity (Wildman–Crippen MR) is 71.1 cm³/mol. The first-order valence-corrected chi connectivity index (χ1v) is 7.17. The summed E-state index contributed by atoms with van der Waals surface area (Å²) in [6.45, 7) is 5.64. The van der Waals surface area contributed by atoms with E-state index in [1.165, 1.54) is 0 Å². The molecule has 104 valence electrons. The van der Waals surface area contributed by atoms with Crippen LogP contribution in [-0.4, -0.2) is 30.7 Å². The molecule has 0 aromatic rings. The van der Waals surface area contributed by atoms with E-state index in [1.54, 1.807) is 0 Å². The molecule has 1 heterocycles. The molecule has 1 amide bonds. The molecule has 1 aliphatic heterocycles. The van der Waals surface area contributed by atoms with Crippen LogP contribution in [0.3, 0.4) is 0 Å². The molecule has 0 spiro atoms. The van der Waals surface area contributed by atoms with Gasteiger partial charge in [-0.3, -0.25) is 4.79 Å². The molecule has 0 aromatic heterocycles. The SMILES string of the molecule is CC1CCCC(N)C1C(=O)NC1(C)CCCOC1. The quantitative estimate of drug-likeness (QED) is 0.783. The summed E-state index contributed by atoms with van der Waals surface area (Å²) in [4.78, 5) is 12.4. The summed E-state index contributed by atoms with van der Waals surface area (Å²) in [7, 11) is 0. The van der Waals surface area contributed by atoms with Crippen LogP contribution in [0.15, 0.2) is 0 Å². The molecule has 2 fully saturated rings. The number of nitrogens with one attached hydrogen (secondary N) is 1. The third-order valence-electron chi connectivity index (χ3n) is 4.44. The lowest BCUT2D eigenvalue weighted by Gasteiger charge is -2.39. The lowest BCUT2D eigenvalue weighted by molar-refractivity contribution is -0.131. The van der Waals surface area contributed by atoms with Gasteiger partial charge in [-0.05, 0) is 38.5 Å². The predicted octanol–water partition coefficient (Wildman–Crippen LogP) is 1.44. The fourth-order valence-corrected chi connectivity index (χ4v) is 3.32. The summed E-state index contributed by atoms with van der Waals surface area (Å²) in [5.74, 6) is 0.488. The smallest absolute Gasteiger partial charge is 0.225 e. The first kappa shape index (κ1) is 13.8. The van der Waals surface area contributed by atoms with Gasteiger partial charge in [-0.15, -0.1) is 0 Å². The largest absolute Gasteiger partial charge is 0.379 e. The zero-order valence-electron chi connectivity index (χ0n) is 11.6. The molecule has 2 rings (SSSR count). The number of carbonyl (C=O) groups is 1. The standard InChI is InChI=1S/C14H26N2O2/c1-10-5-3-6-11(15)12(10)13(17)16-14(2)7-4-8-18-9-14/h10-12H,3-9,15H2,1-2H3,(H,16,17). The normalized spacial score (nSPS) is 41.4. The van der Waals surface area contributed by atoms with Gasteiger partial charge < -0.3 is 15.8 Å². The van der Waals surface area contributed by atoms with Crippen molar-refractivity contribution in [2.75, 3.05) is 13.2 Å². The van der Waals surface area contributed by atoms with Crippen LogP contribution >= 0.6 is 0 Å². The molecule has 4 unspecified atom stereocenters. The van der Waals surface area contributed by atoms with Crippen molar-refractivity contribution in [1.82, 2.24) is 5.32 Å². The molecule has 0 radical (unpaired) electrons. The van der Waals surface area contributed by atoms with E-state index >= 15 is 0 Å². The van der Waals surface area contributed by atoms with E-state index in [9.17, 15) is 4.79 Å². The van der Waals surface area contributed by atoms with Crippen LogP contribution in [0.4, 0.5) is 0 Å². The molecule has 18 heavy (non-hydrogen) atoms. The lowest BCUT2D eigenvalue weighted by Crippen LogP contribution is -2.57. The molecule has 2 aliphatic rings. The van der Waals surface area contributed by atoms with Crippen molar-refractivity contribution in [2.45, 2.75) is 57.5 Å². The van der Waals surface area contributed by atoms with Crippen molar-refractivity contribution in [3.63, 3.8) is 0 Å². The summed E-state index contributed by atoms with van der Waals surface area (Å²) >= 11 is 0. The monoisotopic (exact) mass is 254 g/mol. The minimum atomic E-state index is -0.202. The highest BCUT2D eigenvalue weighted by atomic mass is 16.5. The van der Waals surface area contributed by atoms with Crippen molar-refractivity contribution < 1.29 is 9.53 Å². The topological polar surface area (TPSA) is 64.4 Å². The summed E-state index contributed by atoms with van der Waals surface area (Å²) in [6.07, 6.45) is 5.24. The first-order chi connectivity index (χ1) is 8.52. The van der Waals surface area contributed by atoms with Crippen molar-refractivity contribution in [2.24, 2.45) is 17.6 Å². The van der Waals surface area contributed by atoms with Gasteiger partial charge in [-0.25, -0.2) is 0 Å². The minimum Gasteiger partial charge on any atom is -0.379 e. The molecular weight excluding hydrogens is 228 g/mol. The summed E-state index contributed by atoms with van der Waals surface area (Å²) in [5.41, 5.74) is 5.92. The van der Waals surface area contributed by atoms with E-state index in [0.29, 0.717) is 12.5 Å². The van der Waals surface area contributed by atoms with Gasteiger partial charge in [0.2, 0.25) is 5.91 Å². The highest BCUT2D eigenvalue weighted by Gasteiger charge is 2.37. The zero-order valence-corrected chi connectivity index (χ0v) is 11.6. The third-order valence-corrected chi connectivity index (χ3v) is 4.44. The van der Waals surface area contributed by atoms with Crippen molar-refractivity contribution in [3.8, 4) is 0 Å². The van der Waals surface area contributed by atoms with Gasteiger partial charge in [-0.1, -0.05) is 13.3 Å². The van der Waals surface area contributed by atoms with E-state index in [2.05, 4.69) is 19.2 Å². The van der Waals surface area contributed by atoms with Crippen LogP contribution in [0.1, 0.15) is 46.0 Å². The van der Waals surface area contributed by atoms with E-state index in [1.807, 2.05) is 0 Å². The fraction of sp³-hybridized carbons (Fsp3) is 0.929. The second-order valence-electron chi connectivity index (χ2n) is 6.30. The molecule has 4 atom stereocenters. The molecule has 4 heteroatoms. The summed E-state index contributed by atoms with van der Waals surface area (Å²) in [6, 6.07) is 0.0156. The molecule has 1 saturated carbocycles. The highest BCUT2D eigenvalue weighted by molar-refractivity contribution is 5.80. The molecule has 4 nitrogen and oxygen atoms in total. The second-order valence-corrected chi connectivity index (χ2v) is 6.30. The molecule has 0 bridgehead atoms. The van der Waals surface area contributed by atoms with Gasteiger partial charge in [0.15, 0.2) is 0 Å². The molecule has 0 aromatic carbocycles. The van der Waals surface area contributed by atoms with E-state index in [4.69, 9.17) is 10.5 Å². The Morgan fingerprint density at radius 3 is 2.78 bits per heavy atom. The number of ether oxygens (including phenoxy) is 1. The lowest BCUT2D eigenvalue weighted by atomic mass is 9.76. The van der Waals surface area contributed by atoms with Crippen molar-refractivity contribution >= 4 is 5.91 Å². The van der Waals surface area contributed by atoms with E-state index in [-0.39, 0.29) is 23.4 Å². The van der Waals surface area contributed by atoms with Gasteiger partial charge in [-0.2, -0.15) is 0 Å². The fourth-order valence-electron chi connectivity index (χ4n) is 3.32. The zero-order chi connectivity index (χ0) is 13.2. The Balaban J connectivity index is 1.97. The number of rotatable bonds is 2. The van der Waals surface area contributed by atoms with Crippen molar-refractivity contribution in [1.29, 1.82) is 0 Å². The van der Waals surface area contributed by atoms with E-state index < -0.39 is 0 Å². The Labute approximate surface area is 110 Å². The summed E-state index contributed by atoms with van der Waals surface area (Å²) < 4.78 is 5.48. The van der Waals surface area contributed by atoms with Crippen molar-refractivity contribution in [3.05, 3.63) is 0 Å². The average Bonchev–Trinajstić information content (AvgIpc) is 2.28. The molecular formula is C14H26N2O2. The Hall–Kier alpha value is -0.610. The first-order valence-electron chi connectivity index (χ1n) is 7.17. The van der Waals surface area contributed by atoms with Crippen LogP contribution < -0.4 is 11.1 Å². The summed E-state index contributed by atoms with van der Waals surface area (Å²) in [5, 5.41) is 3.18. The number of hydrogen-bond acceptors (Lipinski definition) is 3. The molecule has 1 aliphatic carbocycles. The van der Waals surface area contributed by atoms with Crippen LogP contribution in [0.5, 0.6) is 0 Å². The van der Waals surface area contributed by atoms with Crippen LogP contribution in [0.25, 0.3) is 0 Å². The van der Waals surface area contributed by atoms with Crippen LogP contribution in [0, 0.1) is 11.8 Å². The van der Waals surface area contributed by atoms with Crippen LogP contribution in [0.2, 0.25) is 0 Å². The average molecular weight is 254 g/mol. The maximum atomic E-state index is 12.4. The Morgan fingerprint density at radius 1 is 1.39 bits per heavy atom. The van der Waals surface area contributed by atoms with Gasteiger partial charge in [0.05, 0.1) is 18.1 Å². The minimum absolute atomic E-state index is 0.0156. The number of amides is 1. The van der Waals surface area contributed by atoms with Gasteiger partial charge in [0.1, 0.15) is 0 Å². The number of hydrogen-bond donors (Lipinski definition) is 2. The highest BCUT2D eigenvalue weighted by Crippen LogP contribution is 2.30. The van der Waals surface area contributed by atoms with Crippen LogP contribution in [-0.2, 0) is 9.53 Å². The van der Waals surface area contributed by atoms with E-state index in [0.717, 1.165) is 38.7 Å². The van der Waals surface area contributed by atoms with Gasteiger partial charge in [0.25, 0.3) is 0 Å².